The lowest BCUT2D eigenvalue weighted by molar-refractivity contribution is 0.0596. The lowest BCUT2D eigenvalue weighted by Crippen LogP contribution is -2.10. The van der Waals surface area contributed by atoms with Gasteiger partial charge in [-0.2, -0.15) is 0 Å². The highest BCUT2D eigenvalue weighted by Gasteiger charge is 2.16. The maximum absolute atomic E-state index is 11.5. The summed E-state index contributed by atoms with van der Waals surface area (Å²) in [5.74, 6) is -0.434. The highest BCUT2D eigenvalue weighted by Crippen LogP contribution is 2.13. The monoisotopic (exact) mass is 203 g/mol. The van der Waals surface area contributed by atoms with E-state index in [2.05, 4.69) is 14.7 Å². The van der Waals surface area contributed by atoms with Crippen LogP contribution in [0.1, 0.15) is 10.5 Å². The third-order valence-corrected chi connectivity index (χ3v) is 2.32. The molecule has 0 amide bonds. The second kappa shape index (κ2) is 3.38. The average Bonchev–Trinajstić information content (AvgIpc) is 2.54. The van der Waals surface area contributed by atoms with Gasteiger partial charge in [0.1, 0.15) is 19.8 Å². The molecule has 2 aromatic rings. The Kier molecular flexibility index (Phi) is 2.19. The molecular formula is C9H10BN3O2. The zero-order valence-electron chi connectivity index (χ0n) is 8.81. The number of rotatable bonds is 1. The largest absolute Gasteiger partial charge is 0.464 e. The maximum atomic E-state index is 11.5. The fourth-order valence-electron chi connectivity index (χ4n) is 1.67. The van der Waals surface area contributed by atoms with E-state index in [-0.39, 0.29) is 0 Å². The van der Waals surface area contributed by atoms with Crippen LogP contribution >= 0.6 is 0 Å². The number of carbonyl (C=O) groups excluding carboxylic acids is 1. The molecule has 5 nitrogen and oxygen atoms in total. The number of fused-ring (bicyclic) bond motifs is 1. The average molecular weight is 203 g/mol. The highest BCUT2D eigenvalue weighted by molar-refractivity contribution is 6.40. The van der Waals surface area contributed by atoms with Crippen molar-refractivity contribution in [3.63, 3.8) is 0 Å². The third-order valence-electron chi connectivity index (χ3n) is 2.32. The lowest BCUT2D eigenvalue weighted by atomic mass is 9.96. The van der Waals surface area contributed by atoms with Gasteiger partial charge in [-0.05, 0) is 6.20 Å². The molecule has 0 saturated heterocycles. The van der Waals surface area contributed by atoms with Gasteiger partial charge < -0.3 is 9.30 Å². The molecule has 0 bridgehead atoms. The van der Waals surface area contributed by atoms with Crippen molar-refractivity contribution in [2.45, 2.75) is 0 Å². The summed E-state index contributed by atoms with van der Waals surface area (Å²) in [4.78, 5) is 19.5. The van der Waals surface area contributed by atoms with Gasteiger partial charge in [-0.15, -0.1) is 0 Å². The number of aryl methyl sites for hydroxylation is 1. The summed E-state index contributed by atoms with van der Waals surface area (Å²) < 4.78 is 6.53. The predicted octanol–water partition coefficient (Wildman–Crippen LogP) is -0.987. The molecule has 0 aliphatic carbocycles. The molecule has 76 valence electrons. The van der Waals surface area contributed by atoms with Gasteiger partial charge in [-0.25, -0.2) is 14.8 Å². The zero-order chi connectivity index (χ0) is 11.0. The first-order chi connectivity index (χ1) is 7.15. The molecule has 0 fully saturated rings. The van der Waals surface area contributed by atoms with Crippen LogP contribution in [-0.2, 0) is 11.8 Å². The topological polar surface area (TPSA) is 57.0 Å². The molecule has 2 rings (SSSR count). The Labute approximate surface area is 87.5 Å². The lowest BCUT2D eigenvalue weighted by Gasteiger charge is -2.00. The van der Waals surface area contributed by atoms with Crippen molar-refractivity contribution in [1.29, 1.82) is 0 Å². The van der Waals surface area contributed by atoms with E-state index >= 15 is 0 Å². The van der Waals surface area contributed by atoms with Crippen LogP contribution in [0.5, 0.6) is 0 Å². The molecule has 2 aromatic heterocycles. The second-order valence-electron chi connectivity index (χ2n) is 3.34. The number of ether oxygens (including phenoxy) is 1. The van der Waals surface area contributed by atoms with Gasteiger partial charge in [-0.1, -0.05) is 5.46 Å². The summed E-state index contributed by atoms with van der Waals surface area (Å²) in [5.41, 5.74) is 2.03. The van der Waals surface area contributed by atoms with E-state index in [0.29, 0.717) is 5.69 Å². The van der Waals surface area contributed by atoms with Gasteiger partial charge in [0.05, 0.1) is 7.11 Å². The Morgan fingerprint density at radius 1 is 1.53 bits per heavy atom. The number of esters is 1. The van der Waals surface area contributed by atoms with Gasteiger partial charge in [-0.3, -0.25) is 0 Å². The summed E-state index contributed by atoms with van der Waals surface area (Å²) in [7, 11) is 5.13. The Balaban J connectivity index is 2.80. The molecule has 2 heterocycles. The van der Waals surface area contributed by atoms with Crippen LogP contribution in [0.3, 0.4) is 0 Å². The molecule has 15 heavy (non-hydrogen) atoms. The highest BCUT2D eigenvalue weighted by atomic mass is 16.5. The molecule has 0 aromatic carbocycles. The number of hydrogen-bond acceptors (Lipinski definition) is 4. The van der Waals surface area contributed by atoms with Crippen molar-refractivity contribution >= 4 is 30.3 Å². The first kappa shape index (κ1) is 9.70. The molecule has 0 N–H and O–H groups in total. The molecular weight excluding hydrogens is 193 g/mol. The van der Waals surface area contributed by atoms with Crippen molar-refractivity contribution in [2.75, 3.05) is 7.11 Å². The normalized spacial score (nSPS) is 10.5. The van der Waals surface area contributed by atoms with E-state index in [1.54, 1.807) is 0 Å². The zero-order valence-corrected chi connectivity index (χ0v) is 8.81. The minimum atomic E-state index is -0.434. The van der Waals surface area contributed by atoms with Gasteiger partial charge in [0.25, 0.3) is 0 Å². The van der Waals surface area contributed by atoms with Crippen molar-refractivity contribution < 1.29 is 9.53 Å². The quantitative estimate of drug-likeness (QED) is 0.441. The molecule has 0 atom stereocenters. The Morgan fingerprint density at radius 2 is 2.27 bits per heavy atom. The predicted molar refractivity (Wildman–Crippen MR) is 58.0 cm³/mol. The van der Waals surface area contributed by atoms with Gasteiger partial charge in [0.2, 0.25) is 0 Å². The molecule has 0 aliphatic rings. The summed E-state index contributed by atoms with van der Waals surface area (Å²) in [6.07, 6.45) is 3.28. The van der Waals surface area contributed by atoms with Crippen LogP contribution < -0.4 is 5.46 Å². The fraction of sp³-hybridized carbons (Fsp3) is 0.222. The number of nitrogens with zero attached hydrogens (tertiary/aromatic N) is 3. The van der Waals surface area contributed by atoms with E-state index in [4.69, 9.17) is 0 Å². The minimum Gasteiger partial charge on any atom is -0.464 e. The van der Waals surface area contributed by atoms with E-state index in [0.717, 1.165) is 16.5 Å². The summed E-state index contributed by atoms with van der Waals surface area (Å²) in [6.45, 7) is 0. The summed E-state index contributed by atoms with van der Waals surface area (Å²) in [5, 5.41) is 0.756. The fourth-order valence-corrected chi connectivity index (χ4v) is 1.67. The molecule has 0 aliphatic heterocycles. The second-order valence-corrected chi connectivity index (χ2v) is 3.34. The molecule has 0 spiro atoms. The first-order valence-electron chi connectivity index (χ1n) is 4.50. The van der Waals surface area contributed by atoms with Crippen LogP contribution in [0.15, 0.2) is 12.5 Å². The van der Waals surface area contributed by atoms with Gasteiger partial charge in [0.15, 0.2) is 5.69 Å². The Bertz CT molecular complexity index is 535. The number of methoxy groups -OCH3 is 1. The maximum Gasteiger partial charge on any atom is 0.357 e. The van der Waals surface area contributed by atoms with E-state index in [1.165, 1.54) is 13.4 Å². The summed E-state index contributed by atoms with van der Waals surface area (Å²) in [6, 6.07) is 0. The number of aromatic nitrogens is 3. The van der Waals surface area contributed by atoms with Crippen molar-refractivity contribution in [2.24, 2.45) is 7.05 Å². The molecule has 6 heteroatoms. The Hall–Kier alpha value is -1.85. The van der Waals surface area contributed by atoms with E-state index in [9.17, 15) is 4.79 Å². The third kappa shape index (κ3) is 1.38. The van der Waals surface area contributed by atoms with E-state index < -0.39 is 5.97 Å². The van der Waals surface area contributed by atoms with Gasteiger partial charge >= 0.3 is 5.97 Å². The van der Waals surface area contributed by atoms with Crippen molar-refractivity contribution in [1.82, 2.24) is 14.5 Å². The SMILES string of the molecule is Bc1cn(C)c2ncnc(C(=O)OC)c12. The van der Waals surface area contributed by atoms with Crippen LogP contribution in [0.2, 0.25) is 0 Å². The van der Waals surface area contributed by atoms with Crippen LogP contribution in [-0.4, -0.2) is 35.5 Å². The van der Waals surface area contributed by atoms with Crippen molar-refractivity contribution in [3.8, 4) is 0 Å². The van der Waals surface area contributed by atoms with Gasteiger partial charge in [0, 0.05) is 12.4 Å². The van der Waals surface area contributed by atoms with Crippen LogP contribution in [0.25, 0.3) is 11.0 Å². The standard InChI is InChI=1S/C9H10BN3O2/c1-13-3-5(10)6-7(9(14)15-2)11-4-12-8(6)13/h3-4H,10H2,1-2H3. The van der Waals surface area contributed by atoms with Crippen LogP contribution in [0.4, 0.5) is 0 Å². The minimum absolute atomic E-state index is 0.320. The first-order valence-corrected chi connectivity index (χ1v) is 4.50. The van der Waals surface area contributed by atoms with Crippen molar-refractivity contribution in [3.05, 3.63) is 18.2 Å². The number of carbonyl (C=O) groups is 1. The van der Waals surface area contributed by atoms with E-state index in [1.807, 2.05) is 25.7 Å². The Morgan fingerprint density at radius 3 is 2.93 bits per heavy atom. The molecule has 0 unspecified atom stereocenters. The summed E-state index contributed by atoms with van der Waals surface area (Å²) >= 11 is 0. The molecule has 0 saturated carbocycles. The smallest absolute Gasteiger partial charge is 0.357 e. The van der Waals surface area contributed by atoms with Crippen LogP contribution in [0, 0.1) is 0 Å². The molecule has 0 radical (unpaired) electrons. The number of hydrogen-bond donors (Lipinski definition) is 0.